The van der Waals surface area contributed by atoms with Crippen LogP contribution in [0.5, 0.6) is 0 Å². The van der Waals surface area contributed by atoms with Gasteiger partial charge in [0.2, 0.25) is 0 Å². The van der Waals surface area contributed by atoms with Gasteiger partial charge < -0.3 is 80.2 Å². The summed E-state index contributed by atoms with van der Waals surface area (Å²) >= 11 is 0. The van der Waals surface area contributed by atoms with Crippen molar-refractivity contribution < 1.29 is 80.2 Å². The SMILES string of the molecule is OCC1O[C@H](OCC2O[C@@H](O[C@H]3C(O)C(O)[C@H](O)C(O)[C@@H]3O)C(O)[C@H](O)[C@H]2O)C(O)[C@H](O)[C@H]1O. The summed E-state index contributed by atoms with van der Waals surface area (Å²) < 4.78 is 21.0. The zero-order chi connectivity index (χ0) is 25.5. The first-order valence-corrected chi connectivity index (χ1v) is 10.6. The summed E-state index contributed by atoms with van der Waals surface area (Å²) in [6, 6.07) is 0. The molecule has 1 saturated carbocycles. The maximum atomic E-state index is 10.2. The van der Waals surface area contributed by atoms with Crippen LogP contribution in [0.1, 0.15) is 0 Å². The molecule has 3 aliphatic rings. The molecular weight excluding hydrogens is 472 g/mol. The molecule has 0 aromatic carbocycles. The fourth-order valence-corrected chi connectivity index (χ4v) is 4.07. The third-order valence-electron chi connectivity index (χ3n) is 6.31. The Kier molecular flexibility index (Phi) is 9.18. The van der Waals surface area contributed by atoms with E-state index in [0.717, 1.165) is 0 Å². The Hall–Kier alpha value is -0.640. The van der Waals surface area contributed by atoms with E-state index in [1.165, 1.54) is 0 Å². The largest absolute Gasteiger partial charge is 0.394 e. The Morgan fingerprint density at radius 2 is 0.882 bits per heavy atom. The van der Waals surface area contributed by atoms with Gasteiger partial charge in [0.25, 0.3) is 0 Å². The van der Waals surface area contributed by atoms with Gasteiger partial charge in [0.05, 0.1) is 13.2 Å². The fraction of sp³-hybridized carbons (Fsp3) is 1.00. The normalized spacial score (nSPS) is 54.7. The zero-order valence-electron chi connectivity index (χ0n) is 17.7. The minimum atomic E-state index is -1.93. The van der Waals surface area contributed by atoms with Crippen molar-refractivity contribution in [2.75, 3.05) is 13.2 Å². The molecule has 1 aliphatic carbocycles. The Labute approximate surface area is 192 Å². The highest BCUT2D eigenvalue weighted by atomic mass is 16.7. The number of hydrogen-bond donors (Lipinski definition) is 12. The lowest BCUT2D eigenvalue weighted by atomic mass is 9.84. The van der Waals surface area contributed by atoms with E-state index in [9.17, 15) is 61.3 Å². The van der Waals surface area contributed by atoms with Gasteiger partial charge in [0, 0.05) is 0 Å². The predicted octanol–water partition coefficient (Wildman–Crippen LogP) is -8.19. The molecule has 3 rings (SSSR count). The van der Waals surface area contributed by atoms with E-state index < -0.39 is 111 Å². The Balaban J connectivity index is 1.67. The summed E-state index contributed by atoms with van der Waals surface area (Å²) in [6.07, 6.45) is -28.3. The number of aliphatic hydroxyl groups is 12. The van der Waals surface area contributed by atoms with Crippen molar-refractivity contribution in [1.82, 2.24) is 0 Å². The monoisotopic (exact) mass is 504 g/mol. The Morgan fingerprint density at radius 1 is 0.471 bits per heavy atom. The molecule has 2 aliphatic heterocycles. The van der Waals surface area contributed by atoms with Crippen molar-refractivity contribution in [1.29, 1.82) is 0 Å². The van der Waals surface area contributed by atoms with Crippen molar-refractivity contribution in [3.8, 4) is 0 Å². The van der Waals surface area contributed by atoms with E-state index >= 15 is 0 Å². The van der Waals surface area contributed by atoms with Crippen LogP contribution < -0.4 is 0 Å². The summed E-state index contributed by atoms with van der Waals surface area (Å²) in [7, 11) is 0. The second-order valence-corrected chi connectivity index (χ2v) is 8.60. The molecule has 0 bridgehead atoms. The quantitative estimate of drug-likeness (QED) is 0.160. The summed E-state index contributed by atoms with van der Waals surface area (Å²) in [5.41, 5.74) is 0. The highest BCUT2D eigenvalue weighted by molar-refractivity contribution is 5.00. The first kappa shape index (κ1) is 27.9. The zero-order valence-corrected chi connectivity index (χ0v) is 17.7. The van der Waals surface area contributed by atoms with Crippen LogP contribution in [0.4, 0.5) is 0 Å². The fourth-order valence-electron chi connectivity index (χ4n) is 4.07. The molecule has 2 saturated heterocycles. The maximum Gasteiger partial charge on any atom is 0.187 e. The van der Waals surface area contributed by atoms with Crippen molar-refractivity contribution in [3.63, 3.8) is 0 Å². The van der Waals surface area contributed by atoms with Crippen LogP contribution in [0.15, 0.2) is 0 Å². The van der Waals surface area contributed by atoms with Crippen LogP contribution in [0.25, 0.3) is 0 Å². The second kappa shape index (κ2) is 11.2. The molecule has 0 amide bonds. The van der Waals surface area contributed by atoms with Crippen molar-refractivity contribution >= 4 is 0 Å². The maximum absolute atomic E-state index is 10.2. The Morgan fingerprint density at radius 3 is 1.41 bits per heavy atom. The molecule has 2 heterocycles. The van der Waals surface area contributed by atoms with Gasteiger partial charge in [-0.2, -0.15) is 0 Å². The molecule has 7 unspecified atom stereocenters. The van der Waals surface area contributed by atoms with E-state index in [2.05, 4.69) is 0 Å². The number of ether oxygens (including phenoxy) is 4. The summed E-state index contributed by atoms with van der Waals surface area (Å²) in [5.74, 6) is 0. The van der Waals surface area contributed by atoms with Gasteiger partial charge in [-0.15, -0.1) is 0 Å². The van der Waals surface area contributed by atoms with Crippen LogP contribution in [0, 0.1) is 0 Å². The van der Waals surface area contributed by atoms with Crippen LogP contribution in [-0.4, -0.2) is 173 Å². The molecule has 0 radical (unpaired) electrons. The second-order valence-electron chi connectivity index (χ2n) is 8.60. The molecule has 16 nitrogen and oxygen atoms in total. The lowest BCUT2D eigenvalue weighted by molar-refractivity contribution is -0.351. The van der Waals surface area contributed by atoms with Gasteiger partial charge in [-0.05, 0) is 0 Å². The molecule has 0 aromatic heterocycles. The van der Waals surface area contributed by atoms with Gasteiger partial charge in [-0.25, -0.2) is 0 Å². The molecule has 0 aromatic rings. The molecular formula is C18H32O16. The first-order chi connectivity index (χ1) is 15.9. The van der Waals surface area contributed by atoms with E-state index in [1.807, 2.05) is 0 Å². The van der Waals surface area contributed by atoms with E-state index in [0.29, 0.717) is 0 Å². The minimum absolute atomic E-state index is 0.646. The standard InChI is InChI=1S/C18H32O16/c19-1-3-5(20)7(22)14(29)17(32-3)31-2-4-6(21)8(23)15(30)18(33-4)34-16-12(27)10(25)9(24)11(26)13(16)28/h3-30H,1-2H2/t3?,4?,5-,6-,7+,8+,9-,10?,11?,12?,13-,14?,15?,16-,17-,18-/m0/s1. The van der Waals surface area contributed by atoms with Crippen molar-refractivity contribution in [2.45, 2.75) is 98.0 Å². The van der Waals surface area contributed by atoms with Crippen LogP contribution >= 0.6 is 0 Å². The van der Waals surface area contributed by atoms with Gasteiger partial charge in [0.15, 0.2) is 12.6 Å². The lowest BCUT2D eigenvalue weighted by Gasteiger charge is -2.46. The summed E-state index contributed by atoms with van der Waals surface area (Å²) in [5, 5.41) is 119. The van der Waals surface area contributed by atoms with Crippen LogP contribution in [0.2, 0.25) is 0 Å². The van der Waals surface area contributed by atoms with Gasteiger partial charge in [0.1, 0.15) is 85.5 Å². The minimum Gasteiger partial charge on any atom is -0.394 e. The highest BCUT2D eigenvalue weighted by Gasteiger charge is 2.53. The van der Waals surface area contributed by atoms with E-state index in [1.54, 1.807) is 0 Å². The number of aliphatic hydroxyl groups excluding tert-OH is 12. The predicted molar refractivity (Wildman–Crippen MR) is 101 cm³/mol. The average molecular weight is 504 g/mol. The van der Waals surface area contributed by atoms with Crippen molar-refractivity contribution in [2.24, 2.45) is 0 Å². The first-order valence-electron chi connectivity index (χ1n) is 10.6. The average Bonchev–Trinajstić information content (AvgIpc) is 2.82. The number of rotatable bonds is 6. The van der Waals surface area contributed by atoms with Crippen LogP contribution in [-0.2, 0) is 18.9 Å². The van der Waals surface area contributed by atoms with Gasteiger partial charge in [-0.1, -0.05) is 0 Å². The molecule has 34 heavy (non-hydrogen) atoms. The topological polar surface area (TPSA) is 280 Å². The summed E-state index contributed by atoms with van der Waals surface area (Å²) in [4.78, 5) is 0. The molecule has 200 valence electrons. The molecule has 16 atom stereocenters. The Bertz CT molecular complexity index is 637. The van der Waals surface area contributed by atoms with Crippen molar-refractivity contribution in [3.05, 3.63) is 0 Å². The van der Waals surface area contributed by atoms with Gasteiger partial charge in [-0.3, -0.25) is 0 Å². The molecule has 12 N–H and O–H groups in total. The highest BCUT2D eigenvalue weighted by Crippen LogP contribution is 2.30. The lowest BCUT2D eigenvalue weighted by Crippen LogP contribution is -2.67. The number of hydrogen-bond acceptors (Lipinski definition) is 16. The third-order valence-corrected chi connectivity index (χ3v) is 6.31. The van der Waals surface area contributed by atoms with E-state index in [-0.39, 0.29) is 0 Å². The smallest absolute Gasteiger partial charge is 0.187 e. The molecule has 16 heteroatoms. The third kappa shape index (κ3) is 5.23. The summed E-state index contributed by atoms with van der Waals surface area (Å²) in [6.45, 7) is -1.36. The molecule has 0 spiro atoms. The van der Waals surface area contributed by atoms with Gasteiger partial charge >= 0.3 is 0 Å². The van der Waals surface area contributed by atoms with Crippen LogP contribution in [0.3, 0.4) is 0 Å². The molecule has 3 fully saturated rings. The van der Waals surface area contributed by atoms with E-state index in [4.69, 9.17) is 18.9 Å².